The molecular weight excluding hydrogens is 411 g/mol. The number of nitrogens with one attached hydrogen (secondary N) is 1. The zero-order valence-electron chi connectivity index (χ0n) is 15.2. The Labute approximate surface area is 162 Å². The molecule has 1 heterocycles. The number of sulfonamides is 1. The molecule has 4 rings (SSSR count). The maximum atomic E-state index is 13.1. The van der Waals surface area contributed by atoms with E-state index in [1.807, 2.05) is 6.07 Å². The molecule has 1 saturated heterocycles. The first kappa shape index (κ1) is 18.5. The molecule has 1 amide bonds. The summed E-state index contributed by atoms with van der Waals surface area (Å²) in [6, 6.07) is 5.55. The quantitative estimate of drug-likeness (QED) is 0.709. The van der Waals surface area contributed by atoms with Gasteiger partial charge in [-0.2, -0.15) is 0 Å². The van der Waals surface area contributed by atoms with Gasteiger partial charge in [-0.3, -0.25) is 0 Å². The molecule has 2 bridgehead atoms. The van der Waals surface area contributed by atoms with Gasteiger partial charge in [0.2, 0.25) is 0 Å². The van der Waals surface area contributed by atoms with Crippen LogP contribution in [-0.2, 0) is 10.0 Å². The van der Waals surface area contributed by atoms with Crippen molar-refractivity contribution in [2.75, 3.05) is 13.1 Å². The third kappa shape index (κ3) is 3.36. The second-order valence-electron chi connectivity index (χ2n) is 7.83. The summed E-state index contributed by atoms with van der Waals surface area (Å²) in [6.07, 6.45) is 6.66. The SMILES string of the molecule is C[AsH]c1ccc(C(=O)NC2CC3CCC2C3)cc1S(=O)(=O)N1CCCC1. The van der Waals surface area contributed by atoms with Crippen molar-refractivity contribution in [3.05, 3.63) is 23.8 Å². The summed E-state index contributed by atoms with van der Waals surface area (Å²) in [5.41, 5.74) is 2.56. The van der Waals surface area contributed by atoms with Crippen LogP contribution in [0.3, 0.4) is 0 Å². The standard InChI is InChI=1S/C19H27AsN2O3S/c1-20-16-7-6-15(12-18(16)26(24,25)22-8-2-3-9-22)19(23)21-17-11-13-4-5-14(17)10-13/h6-7,12-14,17,20H,2-5,8-11H2,1H3,(H,21,23). The molecule has 0 radical (unpaired) electrons. The molecule has 3 aliphatic rings. The second kappa shape index (κ2) is 7.29. The normalized spacial score (nSPS) is 29.0. The fraction of sp³-hybridized carbons (Fsp3) is 0.632. The van der Waals surface area contributed by atoms with E-state index in [1.54, 1.807) is 16.4 Å². The van der Waals surface area contributed by atoms with Gasteiger partial charge in [0.15, 0.2) is 0 Å². The number of carbonyl (C=O) groups excluding carboxylic acids is 1. The second-order valence-corrected chi connectivity index (χ2v) is 11.9. The molecule has 5 nitrogen and oxygen atoms in total. The molecular formula is C19H27AsN2O3S. The van der Waals surface area contributed by atoms with Crippen LogP contribution in [0.1, 0.15) is 48.9 Å². The molecule has 4 unspecified atom stereocenters. The number of hydrogen-bond acceptors (Lipinski definition) is 3. The third-order valence-electron chi connectivity index (χ3n) is 6.25. The Morgan fingerprint density at radius 2 is 1.96 bits per heavy atom. The zero-order chi connectivity index (χ0) is 18.3. The average Bonchev–Trinajstić information content (AvgIpc) is 3.39. The van der Waals surface area contributed by atoms with E-state index < -0.39 is 25.8 Å². The van der Waals surface area contributed by atoms with Crippen LogP contribution in [0.25, 0.3) is 0 Å². The van der Waals surface area contributed by atoms with Crippen molar-refractivity contribution in [2.24, 2.45) is 11.8 Å². The van der Waals surface area contributed by atoms with Gasteiger partial charge < -0.3 is 0 Å². The zero-order valence-corrected chi connectivity index (χ0v) is 18.1. The van der Waals surface area contributed by atoms with Crippen LogP contribution in [0, 0.1) is 11.8 Å². The van der Waals surface area contributed by atoms with E-state index in [0.29, 0.717) is 29.5 Å². The van der Waals surface area contributed by atoms with Crippen molar-refractivity contribution >= 4 is 36.0 Å². The van der Waals surface area contributed by atoms with Gasteiger partial charge in [-0.05, 0) is 0 Å². The molecule has 4 atom stereocenters. The number of fused-ring (bicyclic) bond motifs is 2. The van der Waals surface area contributed by atoms with Crippen LogP contribution in [0.2, 0.25) is 5.71 Å². The van der Waals surface area contributed by atoms with Crippen molar-refractivity contribution in [1.29, 1.82) is 0 Å². The first-order valence-corrected chi connectivity index (χ1v) is 14.2. The molecule has 2 saturated carbocycles. The van der Waals surface area contributed by atoms with Gasteiger partial charge in [0.25, 0.3) is 0 Å². The van der Waals surface area contributed by atoms with Crippen molar-refractivity contribution in [3.8, 4) is 0 Å². The Morgan fingerprint density at radius 1 is 1.19 bits per heavy atom. The maximum absolute atomic E-state index is 13.1. The van der Waals surface area contributed by atoms with Crippen LogP contribution in [0.5, 0.6) is 0 Å². The number of nitrogens with zero attached hydrogens (tertiary/aromatic N) is 1. The Kier molecular flexibility index (Phi) is 5.19. The van der Waals surface area contributed by atoms with Crippen molar-refractivity contribution < 1.29 is 13.2 Å². The van der Waals surface area contributed by atoms with E-state index in [-0.39, 0.29) is 11.9 Å². The van der Waals surface area contributed by atoms with Crippen LogP contribution in [-0.4, -0.2) is 53.5 Å². The fourth-order valence-corrected chi connectivity index (χ4v) is 9.00. The van der Waals surface area contributed by atoms with E-state index in [1.165, 1.54) is 19.3 Å². The average molecular weight is 438 g/mol. The molecule has 2 aliphatic carbocycles. The summed E-state index contributed by atoms with van der Waals surface area (Å²) >= 11 is -0.521. The summed E-state index contributed by atoms with van der Waals surface area (Å²) in [5, 5.41) is 3.18. The van der Waals surface area contributed by atoms with Gasteiger partial charge in [0.1, 0.15) is 0 Å². The first-order valence-electron chi connectivity index (χ1n) is 9.62. The molecule has 26 heavy (non-hydrogen) atoms. The molecule has 0 aromatic heterocycles. The van der Waals surface area contributed by atoms with Crippen molar-refractivity contribution in [1.82, 2.24) is 9.62 Å². The van der Waals surface area contributed by atoms with Crippen LogP contribution in [0.15, 0.2) is 23.1 Å². The summed E-state index contributed by atoms with van der Waals surface area (Å²) in [6.45, 7) is 1.18. The summed E-state index contributed by atoms with van der Waals surface area (Å²) < 4.78 is 28.6. The first-order chi connectivity index (χ1) is 12.5. The van der Waals surface area contributed by atoms with Crippen LogP contribution in [0.4, 0.5) is 0 Å². The minimum absolute atomic E-state index is 0.122. The van der Waals surface area contributed by atoms with E-state index in [4.69, 9.17) is 0 Å². The van der Waals surface area contributed by atoms with Gasteiger partial charge in [-0.15, -0.1) is 0 Å². The topological polar surface area (TPSA) is 66.5 Å². The predicted octanol–water partition coefficient (Wildman–Crippen LogP) is 1.50. The molecule has 3 fully saturated rings. The van der Waals surface area contributed by atoms with E-state index in [9.17, 15) is 13.2 Å². The van der Waals surface area contributed by atoms with Gasteiger partial charge in [-0.25, -0.2) is 0 Å². The molecule has 0 spiro atoms. The summed E-state index contributed by atoms with van der Waals surface area (Å²) in [4.78, 5) is 13.1. The number of rotatable bonds is 5. The van der Waals surface area contributed by atoms with E-state index >= 15 is 0 Å². The van der Waals surface area contributed by atoms with Crippen LogP contribution >= 0.6 is 0 Å². The molecule has 142 valence electrons. The monoisotopic (exact) mass is 438 g/mol. The number of amides is 1. The summed E-state index contributed by atoms with van der Waals surface area (Å²) in [5.74, 6) is 1.26. The van der Waals surface area contributed by atoms with Gasteiger partial charge in [-0.1, -0.05) is 0 Å². The predicted molar refractivity (Wildman–Crippen MR) is 104 cm³/mol. The Hall–Kier alpha value is -0.842. The number of benzene rings is 1. The van der Waals surface area contributed by atoms with Crippen molar-refractivity contribution in [2.45, 2.75) is 55.2 Å². The minimum atomic E-state index is -3.49. The molecule has 1 aromatic rings. The molecule has 1 aromatic carbocycles. The number of carbonyl (C=O) groups is 1. The van der Waals surface area contributed by atoms with Crippen LogP contribution < -0.4 is 9.67 Å². The Morgan fingerprint density at radius 3 is 2.58 bits per heavy atom. The Bertz CT molecular complexity index is 805. The van der Waals surface area contributed by atoms with Gasteiger partial charge in [0, 0.05) is 0 Å². The number of hydrogen-bond donors (Lipinski definition) is 1. The van der Waals surface area contributed by atoms with E-state index in [0.717, 1.165) is 29.5 Å². The third-order valence-corrected chi connectivity index (χ3v) is 10.6. The van der Waals surface area contributed by atoms with Crippen molar-refractivity contribution in [3.63, 3.8) is 0 Å². The molecule has 7 heteroatoms. The molecule has 1 aliphatic heterocycles. The molecule has 1 N–H and O–H groups in total. The summed E-state index contributed by atoms with van der Waals surface area (Å²) in [7, 11) is -3.49. The Balaban J connectivity index is 1.58. The fourth-order valence-electron chi connectivity index (χ4n) is 4.82. The van der Waals surface area contributed by atoms with Gasteiger partial charge in [0.05, 0.1) is 0 Å². The van der Waals surface area contributed by atoms with E-state index in [2.05, 4.69) is 11.0 Å². The van der Waals surface area contributed by atoms with Gasteiger partial charge >= 0.3 is 163 Å².